The SMILES string of the molecule is Cc1nc(N2CCN(c3ccccc3)CC2)c2c(-c3ccc(F)cc3)c(C)sc2n1. The molecule has 152 valence electrons. The highest BCUT2D eigenvalue weighted by atomic mass is 32.1. The molecule has 0 radical (unpaired) electrons. The van der Waals surface area contributed by atoms with Crippen LogP contribution in [0.15, 0.2) is 54.6 Å². The topological polar surface area (TPSA) is 32.3 Å². The number of anilines is 2. The molecule has 4 aromatic rings. The summed E-state index contributed by atoms with van der Waals surface area (Å²) >= 11 is 1.69. The fourth-order valence-corrected chi connectivity index (χ4v) is 5.29. The van der Waals surface area contributed by atoms with E-state index < -0.39 is 0 Å². The Hall–Kier alpha value is -2.99. The predicted molar refractivity (Wildman–Crippen MR) is 123 cm³/mol. The number of fused-ring (bicyclic) bond motifs is 1. The van der Waals surface area contributed by atoms with Crippen LogP contribution in [0.2, 0.25) is 0 Å². The minimum absolute atomic E-state index is 0.222. The normalized spacial score (nSPS) is 14.5. The third kappa shape index (κ3) is 3.41. The maximum absolute atomic E-state index is 13.5. The van der Waals surface area contributed by atoms with Gasteiger partial charge in [0.1, 0.15) is 22.3 Å². The standard InChI is InChI=1S/C24H23FN4S/c1-16-21(18-8-10-19(25)11-9-18)22-23(26-17(2)27-24(22)30-16)29-14-12-28(13-15-29)20-6-4-3-5-7-20/h3-11H,12-15H2,1-2H3. The quantitative estimate of drug-likeness (QED) is 0.443. The Morgan fingerprint density at radius 1 is 0.833 bits per heavy atom. The third-order valence-corrected chi connectivity index (χ3v) is 6.65. The number of benzene rings is 2. The predicted octanol–water partition coefficient (Wildman–Crippen LogP) is 5.44. The van der Waals surface area contributed by atoms with Crippen LogP contribution in [0.4, 0.5) is 15.9 Å². The molecule has 6 heteroatoms. The van der Waals surface area contributed by atoms with Crippen molar-refractivity contribution in [3.63, 3.8) is 0 Å². The highest BCUT2D eigenvalue weighted by Crippen LogP contribution is 2.42. The van der Waals surface area contributed by atoms with Crippen molar-refractivity contribution < 1.29 is 4.39 Å². The lowest BCUT2D eigenvalue weighted by atomic mass is 10.0. The van der Waals surface area contributed by atoms with Crippen LogP contribution in [0, 0.1) is 19.7 Å². The number of para-hydroxylation sites is 1. The van der Waals surface area contributed by atoms with Crippen molar-refractivity contribution in [3.8, 4) is 11.1 Å². The zero-order valence-corrected chi connectivity index (χ0v) is 17.9. The summed E-state index contributed by atoms with van der Waals surface area (Å²) in [7, 11) is 0. The molecule has 3 heterocycles. The van der Waals surface area contributed by atoms with Crippen molar-refractivity contribution in [2.45, 2.75) is 13.8 Å². The maximum Gasteiger partial charge on any atom is 0.141 e. The van der Waals surface area contributed by atoms with Crippen molar-refractivity contribution in [1.29, 1.82) is 0 Å². The Bertz CT molecular complexity index is 1180. The van der Waals surface area contributed by atoms with Gasteiger partial charge in [-0.1, -0.05) is 30.3 Å². The van der Waals surface area contributed by atoms with E-state index >= 15 is 0 Å². The van der Waals surface area contributed by atoms with E-state index in [1.54, 1.807) is 11.3 Å². The van der Waals surface area contributed by atoms with Gasteiger partial charge in [-0.15, -0.1) is 11.3 Å². The lowest BCUT2D eigenvalue weighted by Crippen LogP contribution is -2.47. The number of piperazine rings is 1. The second-order valence-corrected chi connectivity index (χ2v) is 8.83. The summed E-state index contributed by atoms with van der Waals surface area (Å²) in [5.74, 6) is 1.56. The Balaban J connectivity index is 1.54. The van der Waals surface area contributed by atoms with E-state index in [1.165, 1.54) is 22.7 Å². The molecule has 2 aromatic heterocycles. The number of nitrogens with zero attached hydrogens (tertiary/aromatic N) is 4. The van der Waals surface area contributed by atoms with E-state index in [2.05, 4.69) is 47.1 Å². The van der Waals surface area contributed by atoms with Crippen molar-refractivity contribution in [2.24, 2.45) is 0 Å². The molecule has 0 bridgehead atoms. The Kier molecular flexibility index (Phi) is 4.87. The first-order chi connectivity index (χ1) is 14.6. The van der Waals surface area contributed by atoms with Crippen LogP contribution in [0.5, 0.6) is 0 Å². The summed E-state index contributed by atoms with van der Waals surface area (Å²) in [5.41, 5.74) is 3.40. The highest BCUT2D eigenvalue weighted by molar-refractivity contribution is 7.19. The molecule has 0 unspecified atom stereocenters. The maximum atomic E-state index is 13.5. The van der Waals surface area contributed by atoms with Gasteiger partial charge in [-0.2, -0.15) is 0 Å². The molecule has 1 saturated heterocycles. The van der Waals surface area contributed by atoms with Gasteiger partial charge in [-0.05, 0) is 43.7 Å². The number of aryl methyl sites for hydroxylation is 2. The van der Waals surface area contributed by atoms with Crippen LogP contribution < -0.4 is 9.80 Å². The van der Waals surface area contributed by atoms with E-state index in [0.29, 0.717) is 0 Å². The van der Waals surface area contributed by atoms with Gasteiger partial charge in [0.15, 0.2) is 0 Å². The minimum atomic E-state index is -0.222. The highest BCUT2D eigenvalue weighted by Gasteiger charge is 2.24. The summed E-state index contributed by atoms with van der Waals surface area (Å²) in [6.45, 7) is 7.76. The van der Waals surface area contributed by atoms with Gasteiger partial charge in [0.2, 0.25) is 0 Å². The molecule has 4 nitrogen and oxygen atoms in total. The molecule has 0 atom stereocenters. The molecule has 0 aliphatic carbocycles. The molecule has 30 heavy (non-hydrogen) atoms. The van der Waals surface area contributed by atoms with E-state index in [9.17, 15) is 4.39 Å². The minimum Gasteiger partial charge on any atom is -0.368 e. The Morgan fingerprint density at radius 3 is 2.20 bits per heavy atom. The summed E-state index contributed by atoms with van der Waals surface area (Å²) in [6.07, 6.45) is 0. The summed E-state index contributed by atoms with van der Waals surface area (Å²) < 4.78 is 13.5. The van der Waals surface area contributed by atoms with Gasteiger partial charge in [0, 0.05) is 42.3 Å². The number of hydrogen-bond acceptors (Lipinski definition) is 5. The molecule has 0 saturated carbocycles. The fourth-order valence-electron chi connectivity index (χ4n) is 4.21. The van der Waals surface area contributed by atoms with Crippen LogP contribution in [0.1, 0.15) is 10.7 Å². The van der Waals surface area contributed by atoms with Crippen molar-refractivity contribution in [2.75, 3.05) is 36.0 Å². The number of halogens is 1. The smallest absolute Gasteiger partial charge is 0.141 e. The zero-order valence-electron chi connectivity index (χ0n) is 17.1. The molecule has 0 spiro atoms. The van der Waals surface area contributed by atoms with Crippen molar-refractivity contribution in [1.82, 2.24) is 9.97 Å². The van der Waals surface area contributed by atoms with E-state index in [0.717, 1.165) is 59.2 Å². The number of rotatable bonds is 3. The Labute approximate surface area is 179 Å². The largest absolute Gasteiger partial charge is 0.368 e. The number of aromatic nitrogens is 2. The Morgan fingerprint density at radius 2 is 1.50 bits per heavy atom. The lowest BCUT2D eigenvalue weighted by molar-refractivity contribution is 0.628. The average molecular weight is 419 g/mol. The van der Waals surface area contributed by atoms with Gasteiger partial charge >= 0.3 is 0 Å². The second-order valence-electron chi connectivity index (χ2n) is 7.62. The average Bonchev–Trinajstić information content (AvgIpc) is 3.10. The van der Waals surface area contributed by atoms with E-state index in [-0.39, 0.29) is 5.82 Å². The van der Waals surface area contributed by atoms with Crippen LogP contribution in [-0.4, -0.2) is 36.1 Å². The molecular weight excluding hydrogens is 395 g/mol. The van der Waals surface area contributed by atoms with Crippen LogP contribution in [0.25, 0.3) is 21.3 Å². The molecular formula is C24H23FN4S. The molecule has 0 amide bonds. The van der Waals surface area contributed by atoms with Gasteiger partial charge in [0.25, 0.3) is 0 Å². The summed E-state index contributed by atoms with van der Waals surface area (Å²) in [6, 6.07) is 17.3. The van der Waals surface area contributed by atoms with Crippen LogP contribution >= 0.6 is 11.3 Å². The van der Waals surface area contributed by atoms with Crippen molar-refractivity contribution in [3.05, 3.63) is 71.1 Å². The van der Waals surface area contributed by atoms with Gasteiger partial charge in [-0.25, -0.2) is 14.4 Å². The first-order valence-corrected chi connectivity index (χ1v) is 11.0. The first-order valence-electron chi connectivity index (χ1n) is 10.2. The summed E-state index contributed by atoms with van der Waals surface area (Å²) in [5, 5.41) is 1.09. The zero-order chi connectivity index (χ0) is 20.7. The third-order valence-electron chi connectivity index (χ3n) is 5.65. The van der Waals surface area contributed by atoms with Gasteiger partial charge < -0.3 is 9.80 Å². The number of hydrogen-bond donors (Lipinski definition) is 0. The fraction of sp³-hybridized carbons (Fsp3) is 0.250. The van der Waals surface area contributed by atoms with Crippen LogP contribution in [0.3, 0.4) is 0 Å². The van der Waals surface area contributed by atoms with E-state index in [4.69, 9.17) is 9.97 Å². The molecule has 2 aromatic carbocycles. The number of thiophene rings is 1. The summed E-state index contributed by atoms with van der Waals surface area (Å²) in [4.78, 5) is 16.6. The molecule has 1 aliphatic rings. The van der Waals surface area contributed by atoms with Gasteiger partial charge in [0.05, 0.1) is 5.39 Å². The molecule has 1 fully saturated rings. The first kappa shape index (κ1) is 19.0. The lowest BCUT2D eigenvalue weighted by Gasteiger charge is -2.37. The second kappa shape index (κ2) is 7.69. The monoisotopic (exact) mass is 418 g/mol. The van der Waals surface area contributed by atoms with Crippen molar-refractivity contribution >= 4 is 33.1 Å². The molecule has 0 N–H and O–H groups in total. The van der Waals surface area contributed by atoms with Crippen LogP contribution in [-0.2, 0) is 0 Å². The molecule has 5 rings (SSSR count). The molecule has 1 aliphatic heterocycles. The van der Waals surface area contributed by atoms with E-state index in [1.807, 2.05) is 19.1 Å². The van der Waals surface area contributed by atoms with Gasteiger partial charge in [-0.3, -0.25) is 0 Å².